The highest BCUT2D eigenvalue weighted by atomic mass is 16.5. The van der Waals surface area contributed by atoms with E-state index in [0.29, 0.717) is 16.8 Å². The molecule has 7 nitrogen and oxygen atoms in total. The monoisotopic (exact) mass is 339 g/mol. The van der Waals surface area contributed by atoms with Gasteiger partial charge in [-0.05, 0) is 35.9 Å². The molecule has 0 spiro atoms. The Labute approximate surface area is 144 Å². The SMILES string of the molecule is C[C@H](/C(=N/NC(N)=O)c1ccc(O)cc1)[C@@H]1OC(=O)c2ccccc21. The lowest BCUT2D eigenvalue weighted by Gasteiger charge is -2.21. The maximum absolute atomic E-state index is 12.1. The summed E-state index contributed by atoms with van der Waals surface area (Å²) < 4.78 is 5.51. The number of nitrogens with two attached hydrogens (primary N) is 1. The zero-order valence-corrected chi connectivity index (χ0v) is 13.5. The van der Waals surface area contributed by atoms with Gasteiger partial charge in [-0.3, -0.25) is 0 Å². The second-order valence-electron chi connectivity index (χ2n) is 5.72. The quantitative estimate of drug-likeness (QED) is 0.450. The standard InChI is InChI=1S/C18H17N3O4/c1-10(16-13-4-2-3-5-14(13)17(23)25-16)15(20-21-18(19)24)11-6-8-12(22)9-7-11/h2-10,16,22H,1H3,(H3,19,21,24)/b20-15-/t10-,16+/m1/s1. The van der Waals surface area contributed by atoms with Crippen molar-refractivity contribution < 1.29 is 19.4 Å². The molecule has 2 atom stereocenters. The van der Waals surface area contributed by atoms with Crippen LogP contribution in [0.25, 0.3) is 0 Å². The first-order valence-electron chi connectivity index (χ1n) is 7.69. The van der Waals surface area contributed by atoms with Crippen LogP contribution in [0.4, 0.5) is 4.79 Å². The number of hydrazone groups is 1. The predicted molar refractivity (Wildman–Crippen MR) is 91.1 cm³/mol. The largest absolute Gasteiger partial charge is 0.508 e. The molecule has 4 N–H and O–H groups in total. The number of amides is 2. The number of hydrogen-bond acceptors (Lipinski definition) is 5. The van der Waals surface area contributed by atoms with Crippen LogP contribution in [0.5, 0.6) is 5.75 Å². The molecule has 0 unspecified atom stereocenters. The number of carbonyl (C=O) groups is 2. The molecule has 2 amide bonds. The van der Waals surface area contributed by atoms with Gasteiger partial charge in [0.1, 0.15) is 11.9 Å². The van der Waals surface area contributed by atoms with Crippen molar-refractivity contribution in [3.05, 3.63) is 65.2 Å². The van der Waals surface area contributed by atoms with Gasteiger partial charge in [-0.25, -0.2) is 15.0 Å². The molecule has 25 heavy (non-hydrogen) atoms. The van der Waals surface area contributed by atoms with Crippen LogP contribution in [0.2, 0.25) is 0 Å². The second kappa shape index (κ2) is 6.64. The topological polar surface area (TPSA) is 114 Å². The Hall–Kier alpha value is -3.35. The molecule has 0 bridgehead atoms. The summed E-state index contributed by atoms with van der Waals surface area (Å²) in [7, 11) is 0. The number of phenolic OH excluding ortho intramolecular Hbond substituents is 1. The average Bonchev–Trinajstić information content (AvgIpc) is 2.93. The molecule has 0 aromatic heterocycles. The first-order chi connectivity index (χ1) is 12.0. The van der Waals surface area contributed by atoms with Gasteiger partial charge in [0.05, 0.1) is 11.3 Å². The Morgan fingerprint density at radius 3 is 2.60 bits per heavy atom. The zero-order valence-electron chi connectivity index (χ0n) is 13.5. The summed E-state index contributed by atoms with van der Waals surface area (Å²) >= 11 is 0. The number of esters is 1. The van der Waals surface area contributed by atoms with Crippen molar-refractivity contribution in [3.63, 3.8) is 0 Å². The third-order valence-corrected chi connectivity index (χ3v) is 4.06. The lowest BCUT2D eigenvalue weighted by Crippen LogP contribution is -2.29. The minimum absolute atomic E-state index is 0.108. The fourth-order valence-electron chi connectivity index (χ4n) is 2.86. The third kappa shape index (κ3) is 3.30. The molecule has 128 valence electrons. The summed E-state index contributed by atoms with van der Waals surface area (Å²) in [4.78, 5) is 23.1. The zero-order chi connectivity index (χ0) is 18.0. The van der Waals surface area contributed by atoms with E-state index in [1.165, 1.54) is 12.1 Å². The summed E-state index contributed by atoms with van der Waals surface area (Å²) in [5.74, 6) is -0.638. The Kier molecular flexibility index (Phi) is 4.38. The summed E-state index contributed by atoms with van der Waals surface area (Å²) in [5, 5.41) is 13.6. The predicted octanol–water partition coefficient (Wildman–Crippen LogP) is 2.31. The number of nitrogens with zero attached hydrogens (tertiary/aromatic N) is 1. The molecule has 1 heterocycles. The molecule has 0 aliphatic carbocycles. The van der Waals surface area contributed by atoms with Gasteiger partial charge < -0.3 is 15.6 Å². The van der Waals surface area contributed by atoms with Gasteiger partial charge in [-0.1, -0.05) is 25.1 Å². The summed E-state index contributed by atoms with van der Waals surface area (Å²) in [5.41, 5.74) is 9.77. The molecule has 0 saturated carbocycles. The van der Waals surface area contributed by atoms with Gasteiger partial charge in [-0.15, -0.1) is 0 Å². The van der Waals surface area contributed by atoms with Crippen molar-refractivity contribution in [2.75, 3.05) is 0 Å². The number of aromatic hydroxyl groups is 1. The smallest absolute Gasteiger partial charge is 0.339 e. The summed E-state index contributed by atoms with van der Waals surface area (Å²) in [6.45, 7) is 1.84. The normalized spacial score (nSPS) is 17.6. The Morgan fingerprint density at radius 2 is 1.92 bits per heavy atom. The van der Waals surface area contributed by atoms with E-state index in [-0.39, 0.29) is 17.6 Å². The number of benzene rings is 2. The third-order valence-electron chi connectivity index (χ3n) is 4.06. The van der Waals surface area contributed by atoms with Crippen LogP contribution in [0.3, 0.4) is 0 Å². The number of carbonyl (C=O) groups excluding carboxylic acids is 2. The molecule has 1 aliphatic heterocycles. The van der Waals surface area contributed by atoms with Crippen molar-refractivity contribution >= 4 is 17.7 Å². The average molecular weight is 339 g/mol. The lowest BCUT2D eigenvalue weighted by atomic mass is 9.89. The molecule has 2 aromatic carbocycles. The minimum atomic E-state index is -0.799. The second-order valence-corrected chi connectivity index (χ2v) is 5.72. The van der Waals surface area contributed by atoms with Crippen LogP contribution in [0.1, 0.15) is 34.5 Å². The highest BCUT2D eigenvalue weighted by molar-refractivity contribution is 6.04. The maximum atomic E-state index is 12.1. The van der Waals surface area contributed by atoms with Crippen LogP contribution in [-0.4, -0.2) is 22.8 Å². The van der Waals surface area contributed by atoms with Crippen molar-refractivity contribution in [2.24, 2.45) is 16.8 Å². The molecule has 1 aliphatic rings. The first kappa shape index (κ1) is 16.5. The minimum Gasteiger partial charge on any atom is -0.508 e. The van der Waals surface area contributed by atoms with E-state index < -0.39 is 12.1 Å². The molecule has 0 saturated heterocycles. The number of rotatable bonds is 4. The van der Waals surface area contributed by atoms with E-state index in [9.17, 15) is 14.7 Å². The van der Waals surface area contributed by atoms with E-state index in [1.807, 2.05) is 19.1 Å². The number of hydrogen-bond donors (Lipinski definition) is 3. The van der Waals surface area contributed by atoms with Crippen molar-refractivity contribution in [1.82, 2.24) is 5.43 Å². The number of phenols is 1. The van der Waals surface area contributed by atoms with E-state index in [2.05, 4.69) is 10.5 Å². The molecular weight excluding hydrogens is 322 g/mol. The van der Waals surface area contributed by atoms with Gasteiger partial charge in [0, 0.05) is 11.5 Å². The molecule has 7 heteroatoms. The van der Waals surface area contributed by atoms with Gasteiger partial charge in [0.2, 0.25) is 0 Å². The fourth-order valence-corrected chi connectivity index (χ4v) is 2.86. The molecule has 0 radical (unpaired) electrons. The van der Waals surface area contributed by atoms with E-state index in [1.54, 1.807) is 24.3 Å². The van der Waals surface area contributed by atoms with Gasteiger partial charge >= 0.3 is 12.0 Å². The van der Waals surface area contributed by atoms with Crippen LogP contribution >= 0.6 is 0 Å². The highest BCUT2D eigenvalue weighted by Crippen LogP contribution is 2.37. The number of fused-ring (bicyclic) bond motifs is 1. The highest BCUT2D eigenvalue weighted by Gasteiger charge is 2.37. The Bertz CT molecular complexity index is 846. The number of ether oxygens (including phenoxy) is 1. The lowest BCUT2D eigenvalue weighted by molar-refractivity contribution is 0.0326. The first-order valence-corrected chi connectivity index (χ1v) is 7.69. The number of primary amides is 1. The van der Waals surface area contributed by atoms with Gasteiger partial charge in [0.15, 0.2) is 0 Å². The molecule has 3 rings (SSSR count). The van der Waals surface area contributed by atoms with Gasteiger partial charge in [0.25, 0.3) is 0 Å². The number of cyclic esters (lactones) is 1. The van der Waals surface area contributed by atoms with E-state index >= 15 is 0 Å². The van der Waals surface area contributed by atoms with Crippen LogP contribution in [0.15, 0.2) is 53.6 Å². The molecular formula is C18H17N3O4. The van der Waals surface area contributed by atoms with Crippen molar-refractivity contribution in [1.29, 1.82) is 0 Å². The Morgan fingerprint density at radius 1 is 1.24 bits per heavy atom. The molecule has 0 fully saturated rings. The summed E-state index contributed by atoms with van der Waals surface area (Å²) in [6, 6.07) is 12.7. The van der Waals surface area contributed by atoms with Crippen molar-refractivity contribution in [3.8, 4) is 5.75 Å². The fraction of sp³-hybridized carbons (Fsp3) is 0.167. The number of urea groups is 1. The van der Waals surface area contributed by atoms with Gasteiger partial charge in [-0.2, -0.15) is 5.10 Å². The summed E-state index contributed by atoms with van der Waals surface area (Å²) in [6.07, 6.45) is -0.536. The maximum Gasteiger partial charge on any atom is 0.339 e. The van der Waals surface area contributed by atoms with Crippen LogP contribution < -0.4 is 11.2 Å². The van der Waals surface area contributed by atoms with Crippen LogP contribution in [0, 0.1) is 5.92 Å². The number of nitrogens with one attached hydrogen (secondary N) is 1. The molecule has 2 aromatic rings. The van der Waals surface area contributed by atoms with E-state index in [4.69, 9.17) is 10.5 Å². The Balaban J connectivity index is 1.99. The van der Waals surface area contributed by atoms with Crippen LogP contribution in [-0.2, 0) is 4.74 Å². The van der Waals surface area contributed by atoms with E-state index in [0.717, 1.165) is 5.56 Å². The van der Waals surface area contributed by atoms with Crippen molar-refractivity contribution in [2.45, 2.75) is 13.0 Å².